The molecule has 3 amide bonds. The molecule has 4 aromatic carbocycles. The first-order valence-electron chi connectivity index (χ1n) is 26.6. The Morgan fingerprint density at radius 2 is 1.60 bits per heavy atom. The van der Waals surface area contributed by atoms with Gasteiger partial charge in [0.15, 0.2) is 29.3 Å². The normalized spacial score (nSPS) is 21.9. The zero-order valence-corrected chi connectivity index (χ0v) is 44.9. The second-order valence-electron chi connectivity index (χ2n) is 21.1. The number of ether oxygens (including phenoxy) is 3. The fraction of sp³-hybridized carbons (Fsp3) is 0.431. The van der Waals surface area contributed by atoms with Crippen molar-refractivity contribution in [2.45, 2.75) is 115 Å². The lowest BCUT2D eigenvalue weighted by molar-refractivity contribution is -0.249. The summed E-state index contributed by atoms with van der Waals surface area (Å²) in [6.45, 7) is 9.03. The Balaban J connectivity index is 0.800. The van der Waals surface area contributed by atoms with Crippen LogP contribution in [-0.4, -0.2) is 162 Å². The highest BCUT2D eigenvalue weighted by molar-refractivity contribution is 6.31. The quantitative estimate of drug-likeness (QED) is 0.0576. The predicted molar refractivity (Wildman–Crippen MR) is 284 cm³/mol. The first kappa shape index (κ1) is 57.0. The van der Waals surface area contributed by atoms with E-state index in [9.17, 15) is 64.5 Å². The molecule has 1 aromatic heterocycles. The van der Waals surface area contributed by atoms with E-state index in [2.05, 4.69) is 20.7 Å². The number of carbonyl (C=O) groups excluding carboxylic acids is 6. The van der Waals surface area contributed by atoms with E-state index in [1.54, 1.807) is 17.9 Å². The molecule has 0 saturated carbocycles. The lowest BCUT2D eigenvalue weighted by Crippen LogP contribution is -2.55. The van der Waals surface area contributed by atoms with Gasteiger partial charge in [0.1, 0.15) is 47.1 Å². The fourth-order valence-electron chi connectivity index (χ4n) is 11.3. The van der Waals surface area contributed by atoms with Gasteiger partial charge in [-0.3, -0.25) is 33.7 Å². The number of methoxy groups -OCH3 is 1. The molecule has 0 radical (unpaired) electrons. The van der Waals surface area contributed by atoms with Gasteiger partial charge in [-0.1, -0.05) is 55.4 Å². The van der Waals surface area contributed by atoms with Crippen molar-refractivity contribution in [2.75, 3.05) is 46.4 Å². The van der Waals surface area contributed by atoms with Gasteiger partial charge in [-0.15, -0.1) is 0 Å². The predicted octanol–water partition coefficient (Wildman–Crippen LogP) is 4.28. The number of aromatic nitrogens is 1. The van der Waals surface area contributed by atoms with Gasteiger partial charge in [-0.2, -0.15) is 0 Å². The highest BCUT2D eigenvalue weighted by Crippen LogP contribution is 2.53. The average Bonchev–Trinajstić information content (AvgIpc) is 4.02. The van der Waals surface area contributed by atoms with Gasteiger partial charge in [0.05, 0.1) is 53.2 Å². The van der Waals surface area contributed by atoms with Gasteiger partial charge in [0, 0.05) is 94.1 Å². The number of benzene rings is 4. The van der Waals surface area contributed by atoms with Crippen molar-refractivity contribution in [3.8, 4) is 51.2 Å². The first-order chi connectivity index (χ1) is 38.2. The van der Waals surface area contributed by atoms with Crippen LogP contribution in [0.3, 0.4) is 0 Å². The van der Waals surface area contributed by atoms with Gasteiger partial charge >= 0.3 is 0 Å². The Kier molecular flexibility index (Phi) is 16.5. The van der Waals surface area contributed by atoms with Crippen LogP contribution < -0.4 is 15.4 Å². The van der Waals surface area contributed by atoms with Crippen molar-refractivity contribution in [3.05, 3.63) is 105 Å². The average molecular weight is 1100 g/mol. The summed E-state index contributed by atoms with van der Waals surface area (Å²) in [6.07, 6.45) is -6.20. The van der Waals surface area contributed by atoms with E-state index in [1.807, 2.05) is 38.1 Å². The number of hydrogen-bond donors (Lipinski definition) is 9. The molecule has 6 atom stereocenters. The SMILES string of the molecule is CCNC(=O)c1noc(-c2cc(C(C)C)c(O)cc2O)c1-c1ccc(CN2CCN(C(=O)CCCC(=O)N[C@@H]3C[C@@H](O[C@@H]4C[C@@](O)(C(=O)CO)Cc5c(O)c6c(c(O)c54)C(=O)c4c(OC)cccc4C6=O)O[C@H](C)[C@@H]3O)CC2)cc1. The second kappa shape index (κ2) is 23.2. The molecule has 2 aliphatic carbocycles. The standard InChI is InChI=1S/C58H65N5O17/c1-6-59-57(75)50-45(56(80-61-50)34-21-33(28(2)3)37(65)23-38(34)66)31-15-13-30(14-16-31)26-62-17-19-63(20-18-62)43(69)12-8-11-42(68)60-36-22-44(78-29(4)51(36)70)79-40-25-58(76,41(67)27-64)24-35-47(40)55(74)49-48(53(35)72)52(71)32-9-7-10-39(77-5)46(32)54(49)73/h7,9-10,13-16,21,23,28-29,36,40,44,51,64-66,70,72,74,76H,6,8,11-12,17-20,22,24-27H2,1-5H3,(H,59,75)(H,60,68)/t29-,36-,40-,44-,51+,58-/m1/s1. The maximum absolute atomic E-state index is 14.1. The molecular formula is C58H65N5O17. The van der Waals surface area contributed by atoms with Crippen LogP contribution in [-0.2, 0) is 36.8 Å². The largest absolute Gasteiger partial charge is 0.508 e. The number of phenolic OH excluding ortho intramolecular Hbond substituents is 4. The molecule has 0 bridgehead atoms. The molecule has 2 saturated heterocycles. The summed E-state index contributed by atoms with van der Waals surface area (Å²) >= 11 is 0. The number of piperazine rings is 1. The minimum Gasteiger partial charge on any atom is -0.508 e. The maximum atomic E-state index is 14.1. The van der Waals surface area contributed by atoms with Crippen molar-refractivity contribution in [2.24, 2.45) is 0 Å². The van der Waals surface area contributed by atoms with E-state index >= 15 is 0 Å². The van der Waals surface area contributed by atoms with E-state index < -0.39 is 107 Å². The number of hydrogen-bond acceptors (Lipinski definition) is 19. The van der Waals surface area contributed by atoms with Crippen molar-refractivity contribution < 1.29 is 83.2 Å². The minimum atomic E-state index is -2.38. The number of aliphatic hydroxyl groups is 3. The monoisotopic (exact) mass is 1100 g/mol. The molecule has 0 spiro atoms. The third kappa shape index (κ3) is 10.9. The molecule has 9 rings (SSSR count). The van der Waals surface area contributed by atoms with Crippen molar-refractivity contribution >= 4 is 35.1 Å². The molecule has 22 heteroatoms. The van der Waals surface area contributed by atoms with Crippen molar-refractivity contribution in [1.29, 1.82) is 0 Å². The molecule has 424 valence electrons. The summed E-state index contributed by atoms with van der Waals surface area (Å²) in [5, 5.41) is 87.3. The number of amides is 3. The zero-order chi connectivity index (χ0) is 57.5. The summed E-state index contributed by atoms with van der Waals surface area (Å²) in [5.74, 6) is -5.42. The number of aromatic hydroxyl groups is 4. The Morgan fingerprint density at radius 3 is 2.27 bits per heavy atom. The topological polar surface area (TPSA) is 328 Å². The minimum absolute atomic E-state index is 0.0449. The number of nitrogens with zero attached hydrogens (tertiary/aromatic N) is 3. The van der Waals surface area contributed by atoms with Crippen LogP contribution in [0.5, 0.6) is 28.7 Å². The highest BCUT2D eigenvalue weighted by atomic mass is 16.7. The summed E-state index contributed by atoms with van der Waals surface area (Å²) in [4.78, 5) is 84.9. The summed E-state index contributed by atoms with van der Waals surface area (Å²) < 4.78 is 23.3. The first-order valence-corrected chi connectivity index (χ1v) is 26.6. The molecule has 22 nitrogen and oxygen atoms in total. The van der Waals surface area contributed by atoms with Crippen LogP contribution in [0.25, 0.3) is 22.5 Å². The van der Waals surface area contributed by atoms with E-state index in [0.717, 1.165) is 5.56 Å². The van der Waals surface area contributed by atoms with E-state index in [4.69, 9.17) is 18.7 Å². The maximum Gasteiger partial charge on any atom is 0.274 e. The van der Waals surface area contributed by atoms with Gasteiger partial charge in [-0.25, -0.2) is 0 Å². The number of phenols is 4. The summed E-state index contributed by atoms with van der Waals surface area (Å²) in [6, 6.07) is 13.8. The number of Topliss-reactive ketones (excluding diaryl/α,β-unsaturated/α-hetero) is 1. The number of aliphatic hydroxyl groups excluding tert-OH is 2. The highest BCUT2D eigenvalue weighted by Gasteiger charge is 2.50. The molecule has 0 unspecified atom stereocenters. The van der Waals surface area contributed by atoms with Crippen LogP contribution in [0, 0.1) is 0 Å². The zero-order valence-electron chi connectivity index (χ0n) is 44.9. The second-order valence-corrected chi connectivity index (χ2v) is 21.1. The van der Waals surface area contributed by atoms with Crippen LogP contribution >= 0.6 is 0 Å². The van der Waals surface area contributed by atoms with Crippen LogP contribution in [0.2, 0.25) is 0 Å². The number of rotatable bonds is 17. The van der Waals surface area contributed by atoms with Gasteiger partial charge in [-0.05, 0) is 55.0 Å². The smallest absolute Gasteiger partial charge is 0.274 e. The fourth-order valence-corrected chi connectivity index (χ4v) is 11.3. The number of fused-ring (bicyclic) bond motifs is 3. The van der Waals surface area contributed by atoms with E-state index in [1.165, 1.54) is 38.3 Å². The number of nitrogens with one attached hydrogen (secondary N) is 2. The van der Waals surface area contributed by atoms with Crippen LogP contribution in [0.15, 0.2) is 59.1 Å². The Labute approximate surface area is 459 Å². The van der Waals surface area contributed by atoms with E-state index in [0.29, 0.717) is 56.0 Å². The molecule has 3 heterocycles. The van der Waals surface area contributed by atoms with Crippen LogP contribution in [0.4, 0.5) is 0 Å². The third-order valence-electron chi connectivity index (χ3n) is 15.5. The molecule has 2 aliphatic heterocycles. The molecule has 5 aromatic rings. The Bertz CT molecular complexity index is 3260. The van der Waals surface area contributed by atoms with E-state index in [-0.39, 0.29) is 94.0 Å². The molecular weight excluding hydrogens is 1040 g/mol. The lowest BCUT2D eigenvalue weighted by Gasteiger charge is -2.43. The molecule has 9 N–H and O–H groups in total. The van der Waals surface area contributed by atoms with Crippen molar-refractivity contribution in [1.82, 2.24) is 25.6 Å². The molecule has 80 heavy (non-hydrogen) atoms. The Hall–Kier alpha value is -7.73. The van der Waals surface area contributed by atoms with Crippen LogP contribution in [0.1, 0.15) is 136 Å². The molecule has 4 aliphatic rings. The summed E-state index contributed by atoms with van der Waals surface area (Å²) in [5.41, 5.74) is -1.31. The number of ketones is 3. The Morgan fingerprint density at radius 1 is 0.887 bits per heavy atom. The number of carbonyl (C=O) groups is 6. The lowest BCUT2D eigenvalue weighted by atomic mass is 9.72. The summed E-state index contributed by atoms with van der Waals surface area (Å²) in [7, 11) is 1.30. The van der Waals surface area contributed by atoms with Gasteiger partial charge < -0.3 is 70.0 Å². The van der Waals surface area contributed by atoms with Gasteiger partial charge in [0.25, 0.3) is 5.91 Å². The third-order valence-corrected chi connectivity index (χ3v) is 15.5. The van der Waals surface area contributed by atoms with Gasteiger partial charge in [0.2, 0.25) is 17.6 Å². The van der Waals surface area contributed by atoms with Crippen molar-refractivity contribution in [3.63, 3.8) is 0 Å². The molecule has 2 fully saturated rings.